The monoisotopic (exact) mass is 331 g/mol. The minimum Gasteiger partial charge on any atom is -0.497 e. The van der Waals surface area contributed by atoms with E-state index < -0.39 is 0 Å². The molecular weight excluding hydrogens is 306 g/mol. The number of likely N-dealkylation sites (N-methyl/N-ethyl adjacent to an activating group) is 1. The van der Waals surface area contributed by atoms with E-state index >= 15 is 0 Å². The molecule has 1 amide bonds. The quantitative estimate of drug-likeness (QED) is 0.805. The van der Waals surface area contributed by atoms with Gasteiger partial charge in [0.05, 0.1) is 18.8 Å². The fraction of sp³-hybridized carbons (Fsp3) is 0.444. The van der Waals surface area contributed by atoms with Crippen LogP contribution in [0.4, 0.5) is 5.88 Å². The summed E-state index contributed by atoms with van der Waals surface area (Å²) >= 11 is 0. The fourth-order valence-corrected chi connectivity index (χ4v) is 2.37. The number of carbonyl (C=O) groups excluding carboxylic acids is 1. The number of methoxy groups -OCH3 is 1. The number of aryl methyl sites for hydroxylation is 2. The third kappa shape index (κ3) is 5.09. The molecule has 0 aliphatic carbocycles. The van der Waals surface area contributed by atoms with E-state index in [2.05, 4.69) is 22.6 Å². The fourth-order valence-electron chi connectivity index (χ4n) is 2.37. The Hall–Kier alpha value is -2.34. The van der Waals surface area contributed by atoms with Gasteiger partial charge in [-0.05, 0) is 58.0 Å². The molecule has 2 aromatic rings. The SMILES string of the molecule is COc1ccc(CCCN(C)C(C)C(=O)Nc2cc(C)no2)cc1. The van der Waals surface area contributed by atoms with Crippen LogP contribution in [0.15, 0.2) is 34.9 Å². The van der Waals surface area contributed by atoms with E-state index in [-0.39, 0.29) is 11.9 Å². The van der Waals surface area contributed by atoms with Gasteiger partial charge in [0.15, 0.2) is 0 Å². The Labute approximate surface area is 142 Å². The maximum atomic E-state index is 12.2. The highest BCUT2D eigenvalue weighted by Crippen LogP contribution is 2.13. The maximum Gasteiger partial charge on any atom is 0.243 e. The zero-order valence-corrected chi connectivity index (χ0v) is 14.7. The van der Waals surface area contributed by atoms with Gasteiger partial charge in [0, 0.05) is 6.07 Å². The van der Waals surface area contributed by atoms with Crippen molar-refractivity contribution in [1.82, 2.24) is 10.1 Å². The molecule has 0 aliphatic heterocycles. The number of hydrogen-bond donors (Lipinski definition) is 1. The number of ether oxygens (including phenoxy) is 1. The highest BCUT2D eigenvalue weighted by molar-refractivity contribution is 5.93. The van der Waals surface area contributed by atoms with Crippen LogP contribution in [0.25, 0.3) is 0 Å². The second kappa shape index (κ2) is 8.49. The predicted molar refractivity (Wildman–Crippen MR) is 93.3 cm³/mol. The largest absolute Gasteiger partial charge is 0.497 e. The average Bonchev–Trinajstić information content (AvgIpc) is 2.99. The molecule has 1 aromatic heterocycles. The van der Waals surface area contributed by atoms with Crippen molar-refractivity contribution in [3.63, 3.8) is 0 Å². The molecule has 1 N–H and O–H groups in total. The summed E-state index contributed by atoms with van der Waals surface area (Å²) in [4.78, 5) is 14.2. The van der Waals surface area contributed by atoms with Crippen molar-refractivity contribution in [2.24, 2.45) is 0 Å². The summed E-state index contributed by atoms with van der Waals surface area (Å²) in [6, 6.07) is 9.53. The average molecular weight is 331 g/mol. The van der Waals surface area contributed by atoms with E-state index in [0.717, 1.165) is 30.8 Å². The van der Waals surface area contributed by atoms with Crippen molar-refractivity contribution < 1.29 is 14.1 Å². The summed E-state index contributed by atoms with van der Waals surface area (Å²) in [5.41, 5.74) is 2.00. The molecule has 0 saturated heterocycles. The zero-order chi connectivity index (χ0) is 17.5. The van der Waals surface area contributed by atoms with Gasteiger partial charge in [-0.15, -0.1) is 0 Å². The highest BCUT2D eigenvalue weighted by atomic mass is 16.5. The molecule has 1 heterocycles. The summed E-state index contributed by atoms with van der Waals surface area (Å²) in [5, 5.41) is 6.50. The summed E-state index contributed by atoms with van der Waals surface area (Å²) in [6.45, 7) is 4.52. The molecule has 6 nitrogen and oxygen atoms in total. The number of aromatic nitrogens is 1. The molecule has 24 heavy (non-hydrogen) atoms. The van der Waals surface area contributed by atoms with E-state index in [1.165, 1.54) is 5.56 Å². The van der Waals surface area contributed by atoms with E-state index in [4.69, 9.17) is 9.26 Å². The van der Waals surface area contributed by atoms with Crippen molar-refractivity contribution in [3.8, 4) is 5.75 Å². The lowest BCUT2D eigenvalue weighted by Gasteiger charge is -2.23. The standard InChI is InChI=1S/C18H25N3O3/c1-13-12-17(24-20-13)19-18(22)14(2)21(3)11-5-6-15-7-9-16(23-4)10-8-15/h7-10,12,14H,5-6,11H2,1-4H3,(H,19,22). The minimum absolute atomic E-state index is 0.0990. The van der Waals surface area contributed by atoms with Gasteiger partial charge in [-0.2, -0.15) is 0 Å². The molecule has 1 atom stereocenters. The number of nitrogens with zero attached hydrogens (tertiary/aromatic N) is 2. The number of rotatable bonds is 8. The third-order valence-corrected chi connectivity index (χ3v) is 4.05. The molecule has 0 bridgehead atoms. The smallest absolute Gasteiger partial charge is 0.243 e. The molecule has 1 unspecified atom stereocenters. The van der Waals surface area contributed by atoms with Crippen molar-refractivity contribution in [2.45, 2.75) is 32.7 Å². The maximum absolute atomic E-state index is 12.2. The van der Waals surface area contributed by atoms with Gasteiger partial charge in [-0.3, -0.25) is 15.0 Å². The molecule has 0 saturated carbocycles. The predicted octanol–water partition coefficient (Wildman–Crippen LogP) is 2.88. The molecule has 0 fully saturated rings. The van der Waals surface area contributed by atoms with Crippen LogP contribution in [0, 0.1) is 6.92 Å². The second-order valence-electron chi connectivity index (χ2n) is 5.93. The normalized spacial score (nSPS) is 12.2. The van der Waals surface area contributed by atoms with Crippen molar-refractivity contribution in [1.29, 1.82) is 0 Å². The van der Waals surface area contributed by atoms with E-state index in [1.54, 1.807) is 13.2 Å². The molecule has 6 heteroatoms. The minimum atomic E-state index is -0.244. The first kappa shape index (κ1) is 18.0. The van der Waals surface area contributed by atoms with Gasteiger partial charge in [0.1, 0.15) is 5.75 Å². The Kier molecular flexibility index (Phi) is 6.37. The summed E-state index contributed by atoms with van der Waals surface area (Å²) in [7, 11) is 3.61. The summed E-state index contributed by atoms with van der Waals surface area (Å²) in [5.74, 6) is 1.15. The van der Waals surface area contributed by atoms with Crippen LogP contribution in [0.1, 0.15) is 24.6 Å². The van der Waals surface area contributed by atoms with Gasteiger partial charge >= 0.3 is 0 Å². The van der Waals surface area contributed by atoms with Crippen molar-refractivity contribution in [2.75, 3.05) is 26.0 Å². The van der Waals surface area contributed by atoms with Crippen LogP contribution < -0.4 is 10.1 Å². The highest BCUT2D eigenvalue weighted by Gasteiger charge is 2.19. The number of benzene rings is 1. The van der Waals surface area contributed by atoms with Crippen molar-refractivity contribution in [3.05, 3.63) is 41.6 Å². The number of hydrogen-bond acceptors (Lipinski definition) is 5. The number of carbonyl (C=O) groups is 1. The van der Waals surface area contributed by atoms with E-state index in [1.807, 2.05) is 37.9 Å². The van der Waals surface area contributed by atoms with Crippen LogP contribution in [0.3, 0.4) is 0 Å². The molecule has 130 valence electrons. The molecule has 0 aliphatic rings. The van der Waals surface area contributed by atoms with Gasteiger partial charge in [0.25, 0.3) is 0 Å². The van der Waals surface area contributed by atoms with Gasteiger partial charge in [-0.1, -0.05) is 17.3 Å². The molecular formula is C18H25N3O3. The lowest BCUT2D eigenvalue weighted by atomic mass is 10.1. The van der Waals surface area contributed by atoms with E-state index in [9.17, 15) is 4.79 Å². The van der Waals surface area contributed by atoms with Crippen LogP contribution in [0.5, 0.6) is 5.75 Å². The molecule has 0 spiro atoms. The lowest BCUT2D eigenvalue weighted by Crippen LogP contribution is -2.40. The topological polar surface area (TPSA) is 67.6 Å². The van der Waals surface area contributed by atoms with Crippen LogP contribution in [0.2, 0.25) is 0 Å². The Morgan fingerprint density at radius 1 is 1.38 bits per heavy atom. The summed E-state index contributed by atoms with van der Waals surface area (Å²) in [6.07, 6.45) is 1.94. The first-order valence-electron chi connectivity index (χ1n) is 8.07. The third-order valence-electron chi connectivity index (χ3n) is 4.05. The lowest BCUT2D eigenvalue weighted by molar-refractivity contribution is -0.120. The Balaban J connectivity index is 1.76. The molecule has 0 radical (unpaired) electrons. The summed E-state index contributed by atoms with van der Waals surface area (Å²) < 4.78 is 10.2. The second-order valence-corrected chi connectivity index (χ2v) is 5.93. The Morgan fingerprint density at radius 3 is 2.67 bits per heavy atom. The van der Waals surface area contributed by atoms with Crippen LogP contribution in [-0.2, 0) is 11.2 Å². The number of nitrogens with one attached hydrogen (secondary N) is 1. The van der Waals surface area contributed by atoms with Gasteiger partial charge in [-0.25, -0.2) is 0 Å². The van der Waals surface area contributed by atoms with Gasteiger partial charge < -0.3 is 9.26 Å². The van der Waals surface area contributed by atoms with Crippen LogP contribution in [-0.4, -0.2) is 42.7 Å². The number of anilines is 1. The Bertz CT molecular complexity index is 652. The van der Waals surface area contributed by atoms with Crippen LogP contribution >= 0.6 is 0 Å². The van der Waals surface area contributed by atoms with Crippen molar-refractivity contribution >= 4 is 11.8 Å². The van der Waals surface area contributed by atoms with E-state index in [0.29, 0.717) is 5.88 Å². The van der Waals surface area contributed by atoms with Gasteiger partial charge in [0.2, 0.25) is 11.8 Å². The first-order valence-corrected chi connectivity index (χ1v) is 8.07. The Morgan fingerprint density at radius 2 is 2.08 bits per heavy atom. The first-order chi connectivity index (χ1) is 11.5. The zero-order valence-electron chi connectivity index (χ0n) is 14.7. The number of amides is 1. The molecule has 2 rings (SSSR count). The molecule has 1 aromatic carbocycles.